The van der Waals surface area contributed by atoms with E-state index in [9.17, 15) is 23.1 Å². The Balaban J connectivity index is 2.16. The molecule has 1 unspecified atom stereocenters. The second-order valence-electron chi connectivity index (χ2n) is 9.55. The SMILES string of the molecule is CNc1ccc(CC(N)(c2cccc(N(CC(=O)O)C(=O)OC(C)(C)C)n2)S(=O)(=O)c2cccnc2)cc1. The van der Waals surface area contributed by atoms with Gasteiger partial charge in [0.1, 0.15) is 18.0 Å². The second kappa shape index (κ2) is 11.2. The number of benzene rings is 1. The second-order valence-corrected chi connectivity index (χ2v) is 11.8. The molecule has 12 heteroatoms. The number of carboxylic acids is 1. The first kappa shape index (κ1) is 28.5. The van der Waals surface area contributed by atoms with Crippen molar-refractivity contribution in [3.8, 4) is 0 Å². The van der Waals surface area contributed by atoms with Gasteiger partial charge in [0, 0.05) is 31.5 Å². The molecule has 38 heavy (non-hydrogen) atoms. The Labute approximate surface area is 221 Å². The monoisotopic (exact) mass is 541 g/mol. The van der Waals surface area contributed by atoms with Crippen LogP contribution in [-0.4, -0.2) is 54.7 Å². The highest BCUT2D eigenvalue weighted by atomic mass is 32.2. The largest absolute Gasteiger partial charge is 0.480 e. The molecule has 4 N–H and O–H groups in total. The summed E-state index contributed by atoms with van der Waals surface area (Å²) in [6.45, 7) is 4.15. The molecule has 202 valence electrons. The molecule has 1 aromatic carbocycles. The van der Waals surface area contributed by atoms with E-state index in [1.54, 1.807) is 52.1 Å². The van der Waals surface area contributed by atoms with Gasteiger partial charge in [-0.2, -0.15) is 0 Å². The van der Waals surface area contributed by atoms with Crippen LogP contribution >= 0.6 is 0 Å². The molecule has 2 aromatic heterocycles. The molecule has 0 bridgehead atoms. The van der Waals surface area contributed by atoms with Crippen molar-refractivity contribution in [2.45, 2.75) is 42.6 Å². The number of hydrogen-bond donors (Lipinski definition) is 3. The quantitative estimate of drug-likeness (QED) is 0.366. The summed E-state index contributed by atoms with van der Waals surface area (Å²) in [5.41, 5.74) is 7.18. The number of ether oxygens (including phenoxy) is 1. The van der Waals surface area contributed by atoms with E-state index in [2.05, 4.69) is 15.3 Å². The van der Waals surface area contributed by atoms with Crippen molar-refractivity contribution in [1.82, 2.24) is 9.97 Å². The molecule has 1 amide bonds. The van der Waals surface area contributed by atoms with Gasteiger partial charge in [-0.05, 0) is 62.7 Å². The molecule has 0 aliphatic rings. The highest BCUT2D eigenvalue weighted by Crippen LogP contribution is 2.34. The molecule has 3 aromatic rings. The smallest absolute Gasteiger partial charge is 0.416 e. The Bertz CT molecular complexity index is 1390. The Morgan fingerprint density at radius 3 is 2.32 bits per heavy atom. The number of sulfone groups is 1. The van der Waals surface area contributed by atoms with Crippen LogP contribution in [0, 0.1) is 0 Å². The zero-order valence-electron chi connectivity index (χ0n) is 21.6. The van der Waals surface area contributed by atoms with Crippen molar-refractivity contribution in [2.75, 3.05) is 23.8 Å². The van der Waals surface area contributed by atoms with E-state index in [-0.39, 0.29) is 22.8 Å². The Morgan fingerprint density at radius 1 is 1.08 bits per heavy atom. The van der Waals surface area contributed by atoms with Gasteiger partial charge in [-0.25, -0.2) is 18.2 Å². The summed E-state index contributed by atoms with van der Waals surface area (Å²) < 4.78 is 33.2. The standard InChI is InChI=1S/C26H31N5O6S/c1-25(2,3)37-24(34)31(17-23(32)33)22-9-5-8-21(30-22)26(27,15-18-10-12-19(28-4)13-11-18)38(35,36)20-7-6-14-29-16-20/h5-14,16,28H,15,17,27H2,1-4H3,(H,32,33). The topological polar surface area (TPSA) is 165 Å². The molecular formula is C26H31N5O6S. The lowest BCUT2D eigenvalue weighted by Gasteiger charge is -2.30. The average Bonchev–Trinajstić information content (AvgIpc) is 2.87. The number of rotatable bonds is 9. The summed E-state index contributed by atoms with van der Waals surface area (Å²) >= 11 is 0. The molecule has 0 aliphatic heterocycles. The van der Waals surface area contributed by atoms with Gasteiger partial charge in [0.2, 0.25) is 9.84 Å². The summed E-state index contributed by atoms with van der Waals surface area (Å²) in [5.74, 6) is -1.43. The minimum atomic E-state index is -4.30. The molecule has 2 heterocycles. The molecule has 11 nitrogen and oxygen atoms in total. The van der Waals surface area contributed by atoms with Crippen molar-refractivity contribution in [1.29, 1.82) is 0 Å². The third-order valence-corrected chi connectivity index (χ3v) is 7.66. The van der Waals surface area contributed by atoms with Crippen LogP contribution < -0.4 is 16.0 Å². The van der Waals surface area contributed by atoms with Crippen LogP contribution in [0.15, 0.2) is 71.9 Å². The fourth-order valence-corrected chi connectivity index (χ4v) is 5.26. The highest BCUT2D eigenvalue weighted by Gasteiger charge is 2.45. The summed E-state index contributed by atoms with van der Waals surface area (Å²) in [7, 11) is -2.53. The van der Waals surface area contributed by atoms with E-state index in [1.165, 1.54) is 42.7 Å². The molecule has 0 spiro atoms. The minimum absolute atomic E-state index is 0.0875. The predicted molar refractivity (Wildman–Crippen MR) is 142 cm³/mol. The fraction of sp³-hybridized carbons (Fsp3) is 0.308. The van der Waals surface area contributed by atoms with Gasteiger partial charge in [0.05, 0.1) is 10.6 Å². The number of carbonyl (C=O) groups is 2. The van der Waals surface area contributed by atoms with E-state index in [4.69, 9.17) is 10.5 Å². The number of amides is 1. The van der Waals surface area contributed by atoms with Gasteiger partial charge in [0.25, 0.3) is 0 Å². The predicted octanol–water partition coefficient (Wildman–Crippen LogP) is 3.17. The number of pyridine rings is 2. The van der Waals surface area contributed by atoms with Gasteiger partial charge in [0.15, 0.2) is 4.87 Å². The first-order valence-corrected chi connectivity index (χ1v) is 13.2. The molecule has 0 saturated carbocycles. The summed E-state index contributed by atoms with van der Waals surface area (Å²) in [4.78, 5) is 31.3. The highest BCUT2D eigenvalue weighted by molar-refractivity contribution is 7.92. The van der Waals surface area contributed by atoms with Crippen molar-refractivity contribution < 1.29 is 27.9 Å². The minimum Gasteiger partial charge on any atom is -0.480 e. The summed E-state index contributed by atoms with van der Waals surface area (Å²) in [5, 5.41) is 12.4. The third kappa shape index (κ3) is 6.45. The fourth-order valence-electron chi connectivity index (χ4n) is 3.63. The number of carboxylic acid groups (broad SMARTS) is 1. The first-order chi connectivity index (χ1) is 17.8. The van der Waals surface area contributed by atoms with E-state index in [1.807, 2.05) is 0 Å². The maximum absolute atomic E-state index is 13.9. The molecule has 0 fully saturated rings. The van der Waals surface area contributed by atoms with Crippen LogP contribution in [0.1, 0.15) is 32.0 Å². The molecule has 0 radical (unpaired) electrons. The van der Waals surface area contributed by atoms with Gasteiger partial charge in [-0.1, -0.05) is 18.2 Å². The van der Waals surface area contributed by atoms with Crippen molar-refractivity contribution >= 4 is 33.4 Å². The van der Waals surface area contributed by atoms with Crippen LogP contribution in [-0.2, 0) is 30.7 Å². The number of hydrogen-bond acceptors (Lipinski definition) is 9. The average molecular weight is 542 g/mol. The maximum Gasteiger partial charge on any atom is 0.416 e. The van der Waals surface area contributed by atoms with Crippen LogP contribution in [0.2, 0.25) is 0 Å². The van der Waals surface area contributed by atoms with Crippen molar-refractivity contribution in [3.63, 3.8) is 0 Å². The zero-order chi connectivity index (χ0) is 28.1. The van der Waals surface area contributed by atoms with Crippen molar-refractivity contribution in [3.05, 3.63) is 78.2 Å². The third-order valence-electron chi connectivity index (χ3n) is 5.49. The van der Waals surface area contributed by atoms with Gasteiger partial charge in [-0.3, -0.25) is 14.7 Å². The number of aliphatic carboxylic acids is 1. The maximum atomic E-state index is 13.9. The number of carbonyl (C=O) groups excluding carboxylic acids is 1. The number of nitrogens with one attached hydrogen (secondary N) is 1. The number of nitrogens with zero attached hydrogens (tertiary/aromatic N) is 3. The molecule has 0 saturated heterocycles. The van der Waals surface area contributed by atoms with Crippen LogP contribution in [0.5, 0.6) is 0 Å². The lowest BCUT2D eigenvalue weighted by molar-refractivity contribution is -0.135. The van der Waals surface area contributed by atoms with Gasteiger partial charge >= 0.3 is 12.1 Å². The molecule has 1 atom stereocenters. The summed E-state index contributed by atoms with van der Waals surface area (Å²) in [6.07, 6.45) is 1.51. The van der Waals surface area contributed by atoms with Crippen LogP contribution in [0.3, 0.4) is 0 Å². The van der Waals surface area contributed by atoms with E-state index in [0.29, 0.717) is 5.56 Å². The Kier molecular flexibility index (Phi) is 8.38. The number of nitrogens with two attached hydrogens (primary N) is 1. The molecule has 0 aliphatic carbocycles. The van der Waals surface area contributed by atoms with Crippen LogP contribution in [0.25, 0.3) is 0 Å². The van der Waals surface area contributed by atoms with E-state index in [0.717, 1.165) is 10.6 Å². The lowest BCUT2D eigenvalue weighted by Crippen LogP contribution is -2.48. The van der Waals surface area contributed by atoms with Crippen LogP contribution in [0.4, 0.5) is 16.3 Å². The number of anilines is 2. The normalized spacial score (nSPS) is 13.3. The first-order valence-electron chi connectivity index (χ1n) is 11.7. The summed E-state index contributed by atoms with van der Waals surface area (Å²) in [6, 6.07) is 14.2. The van der Waals surface area contributed by atoms with E-state index >= 15 is 0 Å². The Morgan fingerprint density at radius 2 is 1.76 bits per heavy atom. The lowest BCUT2D eigenvalue weighted by atomic mass is 10.0. The van der Waals surface area contributed by atoms with Gasteiger partial charge in [-0.15, -0.1) is 0 Å². The Hall–Kier alpha value is -4.03. The van der Waals surface area contributed by atoms with Crippen molar-refractivity contribution in [2.24, 2.45) is 5.73 Å². The van der Waals surface area contributed by atoms with Gasteiger partial charge < -0.3 is 20.9 Å². The van der Waals surface area contributed by atoms with E-state index < -0.39 is 38.9 Å². The zero-order valence-corrected chi connectivity index (χ0v) is 22.4. The molecule has 3 rings (SSSR count). The number of aromatic nitrogens is 2. The molecular weight excluding hydrogens is 510 g/mol.